The Balaban J connectivity index is 2.12. The van der Waals surface area contributed by atoms with E-state index in [2.05, 4.69) is 15.9 Å². The van der Waals surface area contributed by atoms with Gasteiger partial charge in [0, 0.05) is 5.33 Å². The number of halogens is 1. The number of rotatable bonds is 7. The number of nitrogens with zero attached hydrogens (tertiary/aromatic N) is 1. The summed E-state index contributed by atoms with van der Waals surface area (Å²) in [6.45, 7) is 0.727. The van der Waals surface area contributed by atoms with E-state index < -0.39 is 4.92 Å². The van der Waals surface area contributed by atoms with E-state index in [-0.39, 0.29) is 18.0 Å². The summed E-state index contributed by atoms with van der Waals surface area (Å²) in [5.41, 5.74) is 0.851. The molecular weight excluding hydrogens is 338 g/mol. The Morgan fingerprint density at radius 2 is 1.86 bits per heavy atom. The predicted molar refractivity (Wildman–Crippen MR) is 83.2 cm³/mol. The molecule has 6 heteroatoms. The summed E-state index contributed by atoms with van der Waals surface area (Å²) in [4.78, 5) is 10.6. The molecule has 0 aliphatic carbocycles. The second kappa shape index (κ2) is 7.64. The zero-order chi connectivity index (χ0) is 15.1. The average Bonchev–Trinajstić information content (AvgIpc) is 2.52. The van der Waals surface area contributed by atoms with Crippen LogP contribution in [0.15, 0.2) is 48.5 Å². The quantitative estimate of drug-likeness (QED) is 0.430. The van der Waals surface area contributed by atoms with Gasteiger partial charge in [-0.25, -0.2) is 0 Å². The Morgan fingerprint density at radius 1 is 1.10 bits per heavy atom. The van der Waals surface area contributed by atoms with E-state index in [1.807, 2.05) is 30.3 Å². The molecule has 2 aromatic carbocycles. The normalized spacial score (nSPS) is 10.1. The minimum absolute atomic E-state index is 0.0991. The molecule has 0 amide bonds. The highest BCUT2D eigenvalue weighted by molar-refractivity contribution is 9.09. The van der Waals surface area contributed by atoms with Crippen LogP contribution in [0.5, 0.6) is 11.5 Å². The molecule has 0 heterocycles. The first-order valence-electron chi connectivity index (χ1n) is 6.34. The maximum absolute atomic E-state index is 11.1. The van der Waals surface area contributed by atoms with Crippen molar-refractivity contribution in [3.63, 3.8) is 0 Å². The van der Waals surface area contributed by atoms with Gasteiger partial charge in [-0.05, 0) is 17.7 Å². The van der Waals surface area contributed by atoms with E-state index >= 15 is 0 Å². The summed E-state index contributed by atoms with van der Waals surface area (Å²) in [6.07, 6.45) is 0. The molecule has 110 valence electrons. The van der Waals surface area contributed by atoms with Crippen LogP contribution in [0.3, 0.4) is 0 Å². The standard InChI is InChI=1S/C15H14BrNO4/c16-8-9-20-13-6-7-15(14(10-13)17(18)19)21-11-12-4-2-1-3-5-12/h1-7,10H,8-9,11H2. The van der Waals surface area contributed by atoms with E-state index in [1.165, 1.54) is 6.07 Å². The zero-order valence-corrected chi connectivity index (χ0v) is 12.8. The fourth-order valence-corrected chi connectivity index (χ4v) is 1.91. The highest BCUT2D eigenvalue weighted by Gasteiger charge is 2.16. The monoisotopic (exact) mass is 351 g/mol. The molecule has 5 nitrogen and oxygen atoms in total. The van der Waals surface area contributed by atoms with Gasteiger partial charge >= 0.3 is 5.69 Å². The van der Waals surface area contributed by atoms with Crippen molar-refractivity contribution in [2.75, 3.05) is 11.9 Å². The first-order chi connectivity index (χ1) is 10.2. The molecule has 0 aromatic heterocycles. The predicted octanol–water partition coefficient (Wildman–Crippen LogP) is 3.95. The second-order valence-corrected chi connectivity index (χ2v) is 4.99. The molecule has 21 heavy (non-hydrogen) atoms. The molecule has 0 radical (unpaired) electrons. The van der Waals surface area contributed by atoms with E-state index in [0.29, 0.717) is 17.7 Å². The van der Waals surface area contributed by atoms with E-state index in [1.54, 1.807) is 12.1 Å². The van der Waals surface area contributed by atoms with Gasteiger partial charge in [-0.3, -0.25) is 10.1 Å². The number of hydrogen-bond acceptors (Lipinski definition) is 4. The van der Waals surface area contributed by atoms with Gasteiger partial charge in [0.25, 0.3) is 0 Å². The van der Waals surface area contributed by atoms with Gasteiger partial charge < -0.3 is 9.47 Å². The minimum Gasteiger partial charge on any atom is -0.492 e. The third-order valence-corrected chi connectivity index (χ3v) is 3.03. The molecule has 0 spiro atoms. The number of ether oxygens (including phenoxy) is 2. The van der Waals surface area contributed by atoms with E-state index in [4.69, 9.17) is 9.47 Å². The first-order valence-corrected chi connectivity index (χ1v) is 7.47. The van der Waals surface area contributed by atoms with Gasteiger partial charge in [0.15, 0.2) is 5.75 Å². The van der Waals surface area contributed by atoms with E-state index in [9.17, 15) is 10.1 Å². The molecule has 0 aliphatic heterocycles. The number of alkyl halides is 1. The number of benzene rings is 2. The van der Waals surface area contributed by atoms with Crippen molar-refractivity contribution in [2.45, 2.75) is 6.61 Å². The van der Waals surface area contributed by atoms with Gasteiger partial charge in [0.05, 0.1) is 17.6 Å². The lowest BCUT2D eigenvalue weighted by molar-refractivity contribution is -0.386. The maximum Gasteiger partial charge on any atom is 0.314 e. The summed E-state index contributed by atoms with van der Waals surface area (Å²) in [5.74, 6) is 0.684. The third kappa shape index (κ3) is 4.46. The van der Waals surface area contributed by atoms with Crippen LogP contribution in [0.2, 0.25) is 0 Å². The van der Waals surface area contributed by atoms with Crippen LogP contribution in [0.4, 0.5) is 5.69 Å². The number of nitro benzene ring substituents is 1. The van der Waals surface area contributed by atoms with Crippen molar-refractivity contribution in [1.82, 2.24) is 0 Å². The van der Waals surface area contributed by atoms with Crippen LogP contribution in [0, 0.1) is 10.1 Å². The van der Waals surface area contributed by atoms with Crippen molar-refractivity contribution in [2.24, 2.45) is 0 Å². The Hall–Kier alpha value is -2.08. The molecular formula is C15H14BrNO4. The van der Waals surface area contributed by atoms with Gasteiger partial charge in [0.1, 0.15) is 12.4 Å². The van der Waals surface area contributed by atoms with Crippen molar-refractivity contribution in [3.8, 4) is 11.5 Å². The lowest BCUT2D eigenvalue weighted by Crippen LogP contribution is -2.01. The molecule has 0 saturated carbocycles. The summed E-state index contributed by atoms with van der Waals surface area (Å²) in [7, 11) is 0. The Labute approximate surface area is 130 Å². The summed E-state index contributed by atoms with van der Waals surface area (Å²) >= 11 is 3.24. The molecule has 0 unspecified atom stereocenters. The van der Waals surface area contributed by atoms with Gasteiger partial charge in [-0.15, -0.1) is 0 Å². The van der Waals surface area contributed by atoms with Crippen molar-refractivity contribution >= 4 is 21.6 Å². The van der Waals surface area contributed by atoms with Gasteiger partial charge in [0.2, 0.25) is 0 Å². The maximum atomic E-state index is 11.1. The number of hydrogen-bond donors (Lipinski definition) is 0. The topological polar surface area (TPSA) is 61.6 Å². The highest BCUT2D eigenvalue weighted by Crippen LogP contribution is 2.31. The molecule has 0 N–H and O–H groups in total. The minimum atomic E-state index is -0.471. The molecule has 0 atom stereocenters. The van der Waals surface area contributed by atoms with Crippen LogP contribution < -0.4 is 9.47 Å². The Morgan fingerprint density at radius 3 is 2.52 bits per heavy atom. The largest absolute Gasteiger partial charge is 0.492 e. The third-order valence-electron chi connectivity index (χ3n) is 2.71. The van der Waals surface area contributed by atoms with E-state index in [0.717, 1.165) is 5.56 Å². The average molecular weight is 352 g/mol. The second-order valence-electron chi connectivity index (χ2n) is 4.20. The first kappa shape index (κ1) is 15.3. The molecule has 0 fully saturated rings. The molecule has 0 saturated heterocycles. The van der Waals surface area contributed by atoms with Crippen molar-refractivity contribution < 1.29 is 14.4 Å². The van der Waals surface area contributed by atoms with Crippen LogP contribution in [-0.2, 0) is 6.61 Å². The van der Waals surface area contributed by atoms with Crippen LogP contribution in [0.1, 0.15) is 5.56 Å². The summed E-state index contributed by atoms with van der Waals surface area (Å²) in [6, 6.07) is 14.1. The summed E-state index contributed by atoms with van der Waals surface area (Å²) in [5, 5.41) is 11.8. The molecule has 0 bridgehead atoms. The molecule has 0 aliphatic rings. The van der Waals surface area contributed by atoms with Crippen LogP contribution in [-0.4, -0.2) is 16.9 Å². The molecule has 2 rings (SSSR count). The number of nitro groups is 1. The highest BCUT2D eigenvalue weighted by atomic mass is 79.9. The zero-order valence-electron chi connectivity index (χ0n) is 11.2. The van der Waals surface area contributed by atoms with Gasteiger partial charge in [-0.2, -0.15) is 0 Å². The fourth-order valence-electron chi connectivity index (χ4n) is 1.74. The molecule has 2 aromatic rings. The van der Waals surface area contributed by atoms with Crippen molar-refractivity contribution in [3.05, 3.63) is 64.2 Å². The smallest absolute Gasteiger partial charge is 0.314 e. The summed E-state index contributed by atoms with van der Waals surface area (Å²) < 4.78 is 10.9. The van der Waals surface area contributed by atoms with Gasteiger partial charge in [-0.1, -0.05) is 46.3 Å². The van der Waals surface area contributed by atoms with Crippen LogP contribution in [0.25, 0.3) is 0 Å². The van der Waals surface area contributed by atoms with Crippen molar-refractivity contribution in [1.29, 1.82) is 0 Å². The SMILES string of the molecule is O=[N+]([O-])c1cc(OCCBr)ccc1OCc1ccccc1. The van der Waals surface area contributed by atoms with Crippen LogP contribution >= 0.6 is 15.9 Å². The lowest BCUT2D eigenvalue weighted by atomic mass is 10.2. The Bertz CT molecular complexity index is 604. The lowest BCUT2D eigenvalue weighted by Gasteiger charge is -2.09. The fraction of sp³-hybridized carbons (Fsp3) is 0.200. The Kier molecular flexibility index (Phi) is 5.57.